The summed E-state index contributed by atoms with van der Waals surface area (Å²) >= 11 is 1.52. The molecule has 3 heterocycles. The van der Waals surface area contributed by atoms with Crippen molar-refractivity contribution in [1.29, 1.82) is 0 Å². The van der Waals surface area contributed by atoms with Crippen LogP contribution in [0.1, 0.15) is 36.8 Å². The standard InChI is InChI=1S/C26H31N3O4S2/c1-18-14-19(2)24-23(15-18)34-26(27-24)29(17-21-9-7-13-33-21)25(30)20-8-6-12-28(16-20)35(31,32)22-10-4-3-5-11-22/h3-5,10-11,14-15,20-21H,6-9,12-13,16-17H2,1-2H3. The van der Waals surface area contributed by atoms with E-state index in [0.29, 0.717) is 37.7 Å². The molecule has 7 nitrogen and oxygen atoms in total. The monoisotopic (exact) mass is 513 g/mol. The first kappa shape index (κ1) is 24.4. The van der Waals surface area contributed by atoms with Crippen LogP contribution in [0.4, 0.5) is 5.13 Å². The second kappa shape index (κ2) is 9.97. The van der Waals surface area contributed by atoms with E-state index >= 15 is 0 Å². The number of carbonyl (C=O) groups excluding carboxylic acids is 1. The van der Waals surface area contributed by atoms with Gasteiger partial charge in [0, 0.05) is 19.7 Å². The summed E-state index contributed by atoms with van der Waals surface area (Å²) in [7, 11) is -3.65. The van der Waals surface area contributed by atoms with Crippen molar-refractivity contribution in [2.45, 2.75) is 50.5 Å². The molecule has 2 aliphatic heterocycles. The fraction of sp³-hybridized carbons (Fsp3) is 0.462. The van der Waals surface area contributed by atoms with Crippen LogP contribution in [0.3, 0.4) is 0 Å². The predicted molar refractivity (Wildman–Crippen MR) is 138 cm³/mol. The summed E-state index contributed by atoms with van der Waals surface area (Å²) in [5, 5.41) is 0.664. The number of sulfonamides is 1. The first-order chi connectivity index (χ1) is 16.8. The summed E-state index contributed by atoms with van der Waals surface area (Å²) in [5.74, 6) is -0.486. The van der Waals surface area contributed by atoms with Crippen LogP contribution in [0, 0.1) is 19.8 Å². The molecule has 2 aromatic carbocycles. The largest absolute Gasteiger partial charge is 0.376 e. The zero-order valence-corrected chi connectivity index (χ0v) is 21.8. The minimum absolute atomic E-state index is 0.0264. The minimum atomic E-state index is -3.65. The molecule has 1 aromatic heterocycles. The van der Waals surface area contributed by atoms with Crippen LogP contribution >= 0.6 is 11.3 Å². The van der Waals surface area contributed by atoms with Gasteiger partial charge in [0.15, 0.2) is 5.13 Å². The summed E-state index contributed by atoms with van der Waals surface area (Å²) in [5.41, 5.74) is 3.17. The van der Waals surface area contributed by atoms with Crippen LogP contribution in [-0.2, 0) is 19.6 Å². The van der Waals surface area contributed by atoms with Crippen molar-refractivity contribution in [3.63, 3.8) is 0 Å². The van der Waals surface area contributed by atoms with Crippen LogP contribution in [0.5, 0.6) is 0 Å². The molecule has 0 aliphatic carbocycles. The third-order valence-corrected chi connectivity index (χ3v) is 9.74. The van der Waals surface area contributed by atoms with E-state index in [1.165, 1.54) is 15.6 Å². The van der Waals surface area contributed by atoms with E-state index in [0.717, 1.165) is 34.2 Å². The van der Waals surface area contributed by atoms with Gasteiger partial charge >= 0.3 is 0 Å². The lowest BCUT2D eigenvalue weighted by atomic mass is 9.98. The molecule has 186 valence electrons. The molecule has 2 fully saturated rings. The van der Waals surface area contributed by atoms with Crippen molar-refractivity contribution in [3.05, 3.63) is 53.6 Å². The van der Waals surface area contributed by atoms with Gasteiger partial charge in [-0.15, -0.1) is 0 Å². The highest BCUT2D eigenvalue weighted by atomic mass is 32.2. The summed E-state index contributed by atoms with van der Waals surface area (Å²) < 4.78 is 34.9. The second-order valence-electron chi connectivity index (χ2n) is 9.52. The first-order valence-electron chi connectivity index (χ1n) is 12.2. The third kappa shape index (κ3) is 5.00. The number of carbonyl (C=O) groups is 1. The molecule has 0 radical (unpaired) electrons. The molecule has 2 atom stereocenters. The molecule has 2 unspecified atom stereocenters. The molecule has 0 bridgehead atoms. The average Bonchev–Trinajstić information content (AvgIpc) is 3.53. The summed E-state index contributed by atoms with van der Waals surface area (Å²) in [6.45, 7) is 5.85. The number of ether oxygens (including phenoxy) is 1. The Bertz CT molecular complexity index is 1320. The molecule has 1 amide bonds. The van der Waals surface area contributed by atoms with E-state index in [1.54, 1.807) is 35.2 Å². The molecule has 9 heteroatoms. The highest BCUT2D eigenvalue weighted by Gasteiger charge is 2.37. The van der Waals surface area contributed by atoms with Crippen molar-refractivity contribution in [3.8, 4) is 0 Å². The van der Waals surface area contributed by atoms with Gasteiger partial charge in [-0.05, 0) is 68.9 Å². The Morgan fingerprint density at radius 2 is 1.97 bits per heavy atom. The Morgan fingerprint density at radius 1 is 1.17 bits per heavy atom. The van der Waals surface area contributed by atoms with Crippen molar-refractivity contribution in [1.82, 2.24) is 9.29 Å². The Balaban J connectivity index is 1.44. The normalized spacial score (nSPS) is 21.4. The number of amides is 1. The fourth-order valence-electron chi connectivity index (χ4n) is 5.05. The van der Waals surface area contributed by atoms with Gasteiger partial charge in [0.05, 0.1) is 33.7 Å². The van der Waals surface area contributed by atoms with Crippen molar-refractivity contribution >= 4 is 42.6 Å². The number of benzene rings is 2. The number of aryl methyl sites for hydroxylation is 2. The Hall–Kier alpha value is -2.33. The van der Waals surface area contributed by atoms with Crippen LogP contribution < -0.4 is 4.90 Å². The van der Waals surface area contributed by atoms with E-state index in [9.17, 15) is 13.2 Å². The van der Waals surface area contributed by atoms with Gasteiger partial charge in [-0.2, -0.15) is 4.31 Å². The molecule has 2 saturated heterocycles. The van der Waals surface area contributed by atoms with Crippen molar-refractivity contribution in [2.24, 2.45) is 5.92 Å². The summed E-state index contributed by atoms with van der Waals surface area (Å²) in [4.78, 5) is 20.8. The molecule has 0 N–H and O–H groups in total. The smallest absolute Gasteiger partial charge is 0.243 e. The maximum absolute atomic E-state index is 13.9. The average molecular weight is 514 g/mol. The lowest BCUT2D eigenvalue weighted by Crippen LogP contribution is -2.48. The fourth-order valence-corrected chi connectivity index (χ4v) is 7.75. The number of hydrogen-bond acceptors (Lipinski definition) is 6. The van der Waals surface area contributed by atoms with E-state index in [-0.39, 0.29) is 23.5 Å². The number of aromatic nitrogens is 1. The van der Waals surface area contributed by atoms with E-state index in [1.807, 2.05) is 6.92 Å². The SMILES string of the molecule is Cc1cc(C)c2nc(N(CC3CCCO3)C(=O)C3CCCN(S(=O)(=O)c4ccccc4)C3)sc2c1. The zero-order chi connectivity index (χ0) is 24.6. The summed E-state index contributed by atoms with van der Waals surface area (Å²) in [6, 6.07) is 12.7. The Labute approximate surface area is 210 Å². The van der Waals surface area contributed by atoms with Crippen molar-refractivity contribution in [2.75, 3.05) is 31.1 Å². The van der Waals surface area contributed by atoms with Crippen LogP contribution in [0.15, 0.2) is 47.4 Å². The number of rotatable bonds is 6. The number of anilines is 1. The van der Waals surface area contributed by atoms with Gasteiger partial charge < -0.3 is 4.74 Å². The highest BCUT2D eigenvalue weighted by Crippen LogP contribution is 2.34. The molecule has 2 aliphatic rings. The third-order valence-electron chi connectivity index (χ3n) is 6.84. The topological polar surface area (TPSA) is 79.8 Å². The number of fused-ring (bicyclic) bond motifs is 1. The predicted octanol–water partition coefficient (Wildman–Crippen LogP) is 4.53. The maximum atomic E-state index is 13.9. The molecular weight excluding hydrogens is 482 g/mol. The molecule has 0 saturated carbocycles. The Kier molecular flexibility index (Phi) is 6.94. The zero-order valence-electron chi connectivity index (χ0n) is 20.1. The van der Waals surface area contributed by atoms with Gasteiger partial charge in [0.1, 0.15) is 0 Å². The van der Waals surface area contributed by atoms with Gasteiger partial charge in [-0.25, -0.2) is 13.4 Å². The van der Waals surface area contributed by atoms with E-state index < -0.39 is 15.9 Å². The van der Waals surface area contributed by atoms with Gasteiger partial charge in [-0.1, -0.05) is 35.6 Å². The molecule has 3 aromatic rings. The van der Waals surface area contributed by atoms with Crippen molar-refractivity contribution < 1.29 is 17.9 Å². The molecule has 35 heavy (non-hydrogen) atoms. The molecule has 0 spiro atoms. The quantitative estimate of drug-likeness (QED) is 0.484. The minimum Gasteiger partial charge on any atom is -0.376 e. The Morgan fingerprint density at radius 3 is 2.71 bits per heavy atom. The van der Waals surface area contributed by atoms with Gasteiger partial charge in [0.25, 0.3) is 0 Å². The molecule has 5 rings (SSSR count). The maximum Gasteiger partial charge on any atom is 0.243 e. The first-order valence-corrected chi connectivity index (χ1v) is 14.4. The second-order valence-corrected chi connectivity index (χ2v) is 12.5. The van der Waals surface area contributed by atoms with Crippen LogP contribution in [0.25, 0.3) is 10.2 Å². The number of hydrogen-bond donors (Lipinski definition) is 0. The molecular formula is C26H31N3O4S2. The lowest BCUT2D eigenvalue weighted by Gasteiger charge is -2.34. The number of nitrogens with zero attached hydrogens (tertiary/aromatic N) is 3. The van der Waals surface area contributed by atoms with Crippen LogP contribution in [0.2, 0.25) is 0 Å². The highest BCUT2D eigenvalue weighted by molar-refractivity contribution is 7.89. The number of piperidine rings is 1. The van der Waals surface area contributed by atoms with Gasteiger partial charge in [-0.3, -0.25) is 9.69 Å². The number of thiazole rings is 1. The summed E-state index contributed by atoms with van der Waals surface area (Å²) in [6.07, 6.45) is 3.17. The van der Waals surface area contributed by atoms with E-state index in [4.69, 9.17) is 9.72 Å². The lowest BCUT2D eigenvalue weighted by molar-refractivity contribution is -0.123. The van der Waals surface area contributed by atoms with E-state index in [2.05, 4.69) is 19.1 Å². The van der Waals surface area contributed by atoms with Gasteiger partial charge in [0.2, 0.25) is 15.9 Å². The van der Waals surface area contributed by atoms with Crippen LogP contribution in [-0.4, -0.2) is 56.0 Å².